The molecule has 0 aliphatic carbocycles. The summed E-state index contributed by atoms with van der Waals surface area (Å²) in [4.78, 5) is 4.85. The average Bonchev–Trinajstić information content (AvgIpc) is 2.44. The Morgan fingerprint density at radius 3 is 2.00 bits per heavy atom. The first-order valence-corrected chi connectivity index (χ1v) is 7.36. The van der Waals surface area contributed by atoms with Crippen molar-refractivity contribution in [1.29, 1.82) is 0 Å². The molecule has 104 valence electrons. The maximum atomic E-state index is 13.0. The van der Waals surface area contributed by atoms with Crippen molar-refractivity contribution in [3.8, 4) is 0 Å². The Balaban J connectivity index is 1.61. The van der Waals surface area contributed by atoms with Crippen LogP contribution in [0.5, 0.6) is 0 Å². The fraction of sp³-hybridized carbons (Fsp3) is 0.625. The first-order valence-electron chi connectivity index (χ1n) is 7.36. The van der Waals surface area contributed by atoms with Crippen LogP contribution in [0.25, 0.3) is 0 Å². The van der Waals surface area contributed by atoms with Gasteiger partial charge in [-0.25, -0.2) is 4.39 Å². The molecule has 0 amide bonds. The molecule has 2 nitrogen and oxygen atoms in total. The number of rotatable bonds is 1. The van der Waals surface area contributed by atoms with Crippen LogP contribution in [0.15, 0.2) is 24.3 Å². The third-order valence-electron chi connectivity index (χ3n) is 5.06. The summed E-state index contributed by atoms with van der Waals surface area (Å²) in [5.41, 5.74) is 1.76. The Kier molecular flexibility index (Phi) is 3.48. The van der Waals surface area contributed by atoms with E-state index >= 15 is 0 Å². The molecule has 0 saturated carbocycles. The van der Waals surface area contributed by atoms with Crippen molar-refractivity contribution in [2.45, 2.75) is 25.7 Å². The molecule has 0 unspecified atom stereocenters. The summed E-state index contributed by atoms with van der Waals surface area (Å²) in [6.07, 6.45) is 5.28. The smallest absolute Gasteiger partial charge is 0.123 e. The summed E-state index contributed by atoms with van der Waals surface area (Å²) in [7, 11) is 2.22. The monoisotopic (exact) mass is 262 g/mol. The number of halogens is 1. The van der Waals surface area contributed by atoms with Crippen LogP contribution in [0.1, 0.15) is 25.7 Å². The summed E-state index contributed by atoms with van der Waals surface area (Å²) in [5.74, 6) is -0.146. The normalized spacial score (nSPS) is 23.8. The van der Waals surface area contributed by atoms with Gasteiger partial charge in [-0.15, -0.1) is 0 Å². The lowest BCUT2D eigenvalue weighted by molar-refractivity contribution is 0.0945. The maximum Gasteiger partial charge on any atom is 0.123 e. The lowest BCUT2D eigenvalue weighted by atomic mass is 9.71. The van der Waals surface area contributed by atoms with Crippen molar-refractivity contribution in [3.63, 3.8) is 0 Å². The van der Waals surface area contributed by atoms with Crippen LogP contribution < -0.4 is 4.90 Å². The van der Waals surface area contributed by atoms with E-state index < -0.39 is 0 Å². The molecule has 0 bridgehead atoms. The van der Waals surface area contributed by atoms with Gasteiger partial charge in [-0.1, -0.05) is 0 Å². The van der Waals surface area contributed by atoms with Crippen molar-refractivity contribution < 1.29 is 4.39 Å². The van der Waals surface area contributed by atoms with Gasteiger partial charge in [-0.05, 0) is 75.5 Å². The molecule has 3 heteroatoms. The van der Waals surface area contributed by atoms with E-state index in [9.17, 15) is 4.39 Å². The van der Waals surface area contributed by atoms with Crippen molar-refractivity contribution in [2.24, 2.45) is 5.41 Å². The molecule has 2 heterocycles. The van der Waals surface area contributed by atoms with E-state index in [1.165, 1.54) is 44.5 Å². The van der Waals surface area contributed by atoms with Gasteiger partial charge in [0.1, 0.15) is 5.82 Å². The molecule has 1 spiro atoms. The minimum absolute atomic E-state index is 0.146. The SMILES string of the molecule is CN1CCC2(CC1)CCN(c1ccc(F)cc1)CC2. The van der Waals surface area contributed by atoms with Crippen LogP contribution >= 0.6 is 0 Å². The standard InChI is InChI=1S/C16H23FN2/c1-18-10-6-16(7-11-18)8-12-19(13-9-16)15-4-2-14(17)3-5-15/h2-5H,6-13H2,1H3. The van der Waals surface area contributed by atoms with Crippen molar-refractivity contribution in [3.05, 3.63) is 30.1 Å². The van der Waals surface area contributed by atoms with Crippen molar-refractivity contribution in [2.75, 3.05) is 38.1 Å². The van der Waals surface area contributed by atoms with Crippen molar-refractivity contribution in [1.82, 2.24) is 4.90 Å². The topological polar surface area (TPSA) is 6.48 Å². The minimum atomic E-state index is -0.146. The number of anilines is 1. The Morgan fingerprint density at radius 1 is 0.895 bits per heavy atom. The zero-order chi connectivity index (χ0) is 13.3. The molecule has 2 saturated heterocycles. The third kappa shape index (κ3) is 2.76. The van der Waals surface area contributed by atoms with Gasteiger partial charge in [-0.3, -0.25) is 0 Å². The van der Waals surface area contributed by atoms with E-state index in [-0.39, 0.29) is 5.82 Å². The van der Waals surface area contributed by atoms with Crippen LogP contribution in [0, 0.1) is 11.2 Å². The molecule has 0 radical (unpaired) electrons. The molecule has 2 fully saturated rings. The predicted octanol–water partition coefficient (Wildman–Crippen LogP) is 3.14. The largest absolute Gasteiger partial charge is 0.371 e. The molecular weight excluding hydrogens is 239 g/mol. The van der Waals surface area contributed by atoms with E-state index in [4.69, 9.17) is 0 Å². The molecule has 19 heavy (non-hydrogen) atoms. The second-order valence-electron chi connectivity index (χ2n) is 6.27. The molecule has 1 aromatic carbocycles. The van der Waals surface area contributed by atoms with E-state index in [2.05, 4.69) is 16.8 Å². The first-order chi connectivity index (χ1) is 9.17. The third-order valence-corrected chi connectivity index (χ3v) is 5.06. The second kappa shape index (κ2) is 5.12. The Morgan fingerprint density at radius 2 is 1.42 bits per heavy atom. The highest BCUT2D eigenvalue weighted by Crippen LogP contribution is 2.41. The van der Waals surface area contributed by atoms with Crippen LogP contribution in [-0.2, 0) is 0 Å². The molecule has 3 rings (SSSR count). The number of hydrogen-bond donors (Lipinski definition) is 0. The minimum Gasteiger partial charge on any atom is -0.371 e. The summed E-state index contributed by atoms with van der Waals surface area (Å²) in [5, 5.41) is 0. The van der Waals surface area contributed by atoms with Gasteiger partial charge >= 0.3 is 0 Å². The van der Waals surface area contributed by atoms with E-state index in [1.54, 1.807) is 12.1 Å². The summed E-state index contributed by atoms with van der Waals surface area (Å²) < 4.78 is 13.0. The van der Waals surface area contributed by atoms with Gasteiger partial charge in [-0.2, -0.15) is 0 Å². The van der Waals surface area contributed by atoms with Crippen LogP contribution in [0.3, 0.4) is 0 Å². The molecule has 0 atom stereocenters. The van der Waals surface area contributed by atoms with E-state index in [0.29, 0.717) is 5.41 Å². The van der Waals surface area contributed by atoms with Crippen LogP contribution in [-0.4, -0.2) is 38.1 Å². The number of likely N-dealkylation sites (tertiary alicyclic amines) is 1. The fourth-order valence-corrected chi connectivity index (χ4v) is 3.48. The molecule has 0 aromatic heterocycles. The van der Waals surface area contributed by atoms with Gasteiger partial charge in [0.2, 0.25) is 0 Å². The zero-order valence-corrected chi connectivity index (χ0v) is 11.7. The van der Waals surface area contributed by atoms with Gasteiger partial charge in [0.15, 0.2) is 0 Å². The summed E-state index contributed by atoms with van der Waals surface area (Å²) in [6.45, 7) is 4.73. The summed E-state index contributed by atoms with van der Waals surface area (Å²) in [6, 6.07) is 6.94. The Labute approximate surface area is 115 Å². The van der Waals surface area contributed by atoms with E-state index in [0.717, 1.165) is 13.1 Å². The Bertz CT molecular complexity index is 411. The second-order valence-corrected chi connectivity index (χ2v) is 6.27. The van der Waals surface area contributed by atoms with E-state index in [1.807, 2.05) is 12.1 Å². The number of piperidine rings is 2. The number of nitrogens with zero attached hydrogens (tertiary/aromatic N) is 2. The fourth-order valence-electron chi connectivity index (χ4n) is 3.48. The molecule has 0 N–H and O–H groups in total. The van der Waals surface area contributed by atoms with Crippen LogP contribution in [0.2, 0.25) is 0 Å². The zero-order valence-electron chi connectivity index (χ0n) is 11.7. The molecule has 1 aromatic rings. The van der Waals surface area contributed by atoms with Gasteiger partial charge in [0, 0.05) is 18.8 Å². The molecule has 2 aliphatic heterocycles. The lowest BCUT2D eigenvalue weighted by Crippen LogP contribution is -2.46. The highest BCUT2D eigenvalue weighted by molar-refractivity contribution is 5.46. The first kappa shape index (κ1) is 12.9. The number of hydrogen-bond acceptors (Lipinski definition) is 2. The quantitative estimate of drug-likeness (QED) is 0.767. The van der Waals surface area contributed by atoms with Crippen LogP contribution in [0.4, 0.5) is 10.1 Å². The van der Waals surface area contributed by atoms with Gasteiger partial charge < -0.3 is 9.80 Å². The number of benzene rings is 1. The van der Waals surface area contributed by atoms with Crippen molar-refractivity contribution >= 4 is 5.69 Å². The average molecular weight is 262 g/mol. The highest BCUT2D eigenvalue weighted by Gasteiger charge is 2.36. The maximum absolute atomic E-state index is 13.0. The molecular formula is C16H23FN2. The van der Waals surface area contributed by atoms with Gasteiger partial charge in [0.05, 0.1) is 0 Å². The lowest BCUT2D eigenvalue weighted by Gasteiger charge is -2.46. The predicted molar refractivity (Wildman–Crippen MR) is 77.0 cm³/mol. The Hall–Kier alpha value is -1.09. The highest BCUT2D eigenvalue weighted by atomic mass is 19.1. The summed E-state index contributed by atoms with van der Waals surface area (Å²) >= 11 is 0. The van der Waals surface area contributed by atoms with Gasteiger partial charge in [0.25, 0.3) is 0 Å². The molecule has 2 aliphatic rings.